The Morgan fingerprint density at radius 3 is 3.42 bits per heavy atom. The van der Waals surface area contributed by atoms with Gasteiger partial charge in [0.1, 0.15) is 4.95 Å². The van der Waals surface area contributed by atoms with Crippen molar-refractivity contribution in [1.29, 1.82) is 0 Å². The molecule has 0 saturated heterocycles. The van der Waals surface area contributed by atoms with E-state index in [-0.39, 0.29) is 4.95 Å². The molecule has 5 heteroatoms. The second kappa shape index (κ2) is 2.91. The highest BCUT2D eigenvalue weighted by Crippen LogP contribution is 2.19. The fourth-order valence-corrected chi connectivity index (χ4v) is 1.58. The largest absolute Gasteiger partial charge is 0.375 e. The zero-order chi connectivity index (χ0) is 8.55. The van der Waals surface area contributed by atoms with E-state index in [9.17, 15) is 0 Å². The second-order valence-electron chi connectivity index (χ2n) is 2.63. The maximum Gasteiger partial charge on any atom is 0.101 e. The van der Waals surface area contributed by atoms with E-state index in [0.29, 0.717) is 6.54 Å². The number of nitrogens with one attached hydrogen (secondary N) is 1. The van der Waals surface area contributed by atoms with Crippen LogP contribution in [0.25, 0.3) is 0 Å². The first-order valence-corrected chi connectivity index (χ1v) is 4.49. The Morgan fingerprint density at radius 2 is 2.58 bits per heavy atom. The van der Waals surface area contributed by atoms with Gasteiger partial charge in [-0.1, -0.05) is 15.9 Å². The summed E-state index contributed by atoms with van der Waals surface area (Å²) in [4.78, 5) is 0.160. The average Bonchev–Trinajstić information content (AvgIpc) is 2.05. The van der Waals surface area contributed by atoms with Crippen LogP contribution < -0.4 is 5.32 Å². The van der Waals surface area contributed by atoms with Crippen LogP contribution in [0, 0.1) is 0 Å². The molecule has 2 heterocycles. The highest BCUT2D eigenvalue weighted by atomic mass is 79.9. The Morgan fingerprint density at radius 1 is 1.75 bits per heavy atom. The van der Waals surface area contributed by atoms with E-state index in [0.717, 1.165) is 16.3 Å². The number of hydroxylamine groups is 1. The van der Waals surface area contributed by atoms with Crippen LogP contribution in [-0.2, 0) is 0 Å². The zero-order valence-corrected chi connectivity index (χ0v) is 7.82. The lowest BCUT2D eigenvalue weighted by molar-refractivity contribution is -0.0816. The third-order valence-corrected chi connectivity index (χ3v) is 2.28. The molecule has 0 aliphatic carbocycles. The Labute approximate surface area is 78.3 Å². The number of dihydropyridines is 1. The molecule has 0 bridgehead atoms. The zero-order valence-electron chi connectivity index (χ0n) is 6.24. The second-order valence-corrected chi connectivity index (χ2v) is 3.62. The summed E-state index contributed by atoms with van der Waals surface area (Å²) in [5.41, 5.74) is 2.10. The van der Waals surface area contributed by atoms with Crippen LogP contribution in [0.2, 0.25) is 0 Å². The lowest BCUT2D eigenvalue weighted by Gasteiger charge is -2.23. The molecule has 0 saturated carbocycles. The fraction of sp³-hybridized carbons (Fsp3) is 0.286. The van der Waals surface area contributed by atoms with Crippen LogP contribution in [0.4, 0.5) is 0 Å². The topological polar surface area (TPSA) is 47.9 Å². The maximum absolute atomic E-state index is 9.04. The van der Waals surface area contributed by atoms with Gasteiger partial charge in [0.05, 0.1) is 12.8 Å². The SMILES string of the molecule is ON1CC2=CNC(Br)C=C2C=N1. The minimum absolute atomic E-state index is 0.160. The van der Waals surface area contributed by atoms with Crippen molar-refractivity contribution in [2.75, 3.05) is 6.54 Å². The van der Waals surface area contributed by atoms with E-state index in [2.05, 4.69) is 26.3 Å². The first-order valence-electron chi connectivity index (χ1n) is 3.57. The van der Waals surface area contributed by atoms with Gasteiger partial charge in [-0.25, -0.2) is 0 Å². The molecular weight excluding hydrogens is 222 g/mol. The van der Waals surface area contributed by atoms with Crippen LogP contribution in [0.5, 0.6) is 0 Å². The highest BCUT2D eigenvalue weighted by Gasteiger charge is 2.16. The van der Waals surface area contributed by atoms with Crippen molar-refractivity contribution in [2.45, 2.75) is 4.95 Å². The summed E-state index contributed by atoms with van der Waals surface area (Å²) in [6.45, 7) is 0.440. The van der Waals surface area contributed by atoms with E-state index in [4.69, 9.17) is 5.21 Å². The Hall–Kier alpha value is -0.810. The van der Waals surface area contributed by atoms with Crippen LogP contribution in [0.1, 0.15) is 0 Å². The molecule has 0 aromatic heterocycles. The summed E-state index contributed by atoms with van der Waals surface area (Å²) in [5, 5.41) is 16.8. The molecule has 0 radical (unpaired) electrons. The Kier molecular flexibility index (Phi) is 1.90. The first-order chi connectivity index (χ1) is 5.75. The lowest BCUT2D eigenvalue weighted by atomic mass is 10.1. The van der Waals surface area contributed by atoms with E-state index < -0.39 is 0 Å². The van der Waals surface area contributed by atoms with Crippen LogP contribution in [-0.4, -0.2) is 28.1 Å². The summed E-state index contributed by atoms with van der Waals surface area (Å²) in [6, 6.07) is 0. The molecule has 2 N–H and O–H groups in total. The van der Waals surface area contributed by atoms with Crippen molar-refractivity contribution >= 4 is 22.1 Å². The standard InChI is InChI=1S/C7H8BrN3O/c8-7-1-5-3-10-11(12)4-6(5)2-9-7/h1-3,7,9,12H,4H2. The van der Waals surface area contributed by atoms with Gasteiger partial charge in [-0.05, 0) is 6.08 Å². The van der Waals surface area contributed by atoms with Gasteiger partial charge in [-0.2, -0.15) is 10.3 Å². The lowest BCUT2D eigenvalue weighted by Crippen LogP contribution is -2.28. The third kappa shape index (κ3) is 1.37. The smallest absolute Gasteiger partial charge is 0.101 e. The van der Waals surface area contributed by atoms with Crippen molar-refractivity contribution < 1.29 is 5.21 Å². The number of rotatable bonds is 0. The molecular formula is C7H8BrN3O. The molecule has 1 atom stereocenters. The van der Waals surface area contributed by atoms with Crippen LogP contribution in [0.15, 0.2) is 28.5 Å². The summed E-state index contributed by atoms with van der Waals surface area (Å²) in [5.74, 6) is 0. The molecule has 0 amide bonds. The molecule has 64 valence electrons. The normalized spacial score (nSPS) is 27.2. The number of nitrogens with zero attached hydrogens (tertiary/aromatic N) is 2. The van der Waals surface area contributed by atoms with Gasteiger partial charge < -0.3 is 5.32 Å². The first kappa shape index (κ1) is 7.82. The number of hydrazone groups is 1. The van der Waals surface area contributed by atoms with Crippen molar-refractivity contribution in [3.8, 4) is 0 Å². The summed E-state index contributed by atoms with van der Waals surface area (Å²) in [6.07, 6.45) is 5.53. The summed E-state index contributed by atoms with van der Waals surface area (Å²) < 4.78 is 0. The molecule has 0 aromatic rings. The molecule has 2 aliphatic rings. The van der Waals surface area contributed by atoms with Gasteiger partial charge in [-0.3, -0.25) is 5.21 Å². The predicted octanol–water partition coefficient (Wildman–Crippen LogP) is 0.811. The van der Waals surface area contributed by atoms with E-state index in [1.54, 1.807) is 6.21 Å². The molecule has 1 unspecified atom stereocenters. The van der Waals surface area contributed by atoms with Crippen LogP contribution >= 0.6 is 15.9 Å². The monoisotopic (exact) mass is 229 g/mol. The average molecular weight is 230 g/mol. The van der Waals surface area contributed by atoms with Gasteiger partial charge in [-0.15, -0.1) is 0 Å². The molecule has 2 rings (SSSR count). The molecule has 0 fully saturated rings. The molecule has 0 aromatic carbocycles. The van der Waals surface area contributed by atoms with Crippen molar-refractivity contribution in [3.63, 3.8) is 0 Å². The number of hydrogen-bond acceptors (Lipinski definition) is 4. The number of halogens is 1. The summed E-state index contributed by atoms with van der Waals surface area (Å²) in [7, 11) is 0. The van der Waals surface area contributed by atoms with Crippen molar-refractivity contribution in [2.24, 2.45) is 5.10 Å². The van der Waals surface area contributed by atoms with E-state index in [1.165, 1.54) is 0 Å². The van der Waals surface area contributed by atoms with Crippen molar-refractivity contribution in [3.05, 3.63) is 23.4 Å². The Bertz CT molecular complexity index is 284. The van der Waals surface area contributed by atoms with Gasteiger partial charge in [0.25, 0.3) is 0 Å². The van der Waals surface area contributed by atoms with Gasteiger partial charge in [0, 0.05) is 17.3 Å². The van der Waals surface area contributed by atoms with Gasteiger partial charge in [0.15, 0.2) is 0 Å². The number of fused-ring (bicyclic) bond motifs is 1. The number of hydrogen-bond donors (Lipinski definition) is 2. The number of alkyl halides is 1. The van der Waals surface area contributed by atoms with Gasteiger partial charge in [0.2, 0.25) is 0 Å². The third-order valence-electron chi connectivity index (χ3n) is 1.76. The van der Waals surface area contributed by atoms with E-state index in [1.807, 2.05) is 12.3 Å². The quantitative estimate of drug-likeness (QED) is 0.478. The predicted molar refractivity (Wildman–Crippen MR) is 49.0 cm³/mol. The minimum Gasteiger partial charge on any atom is -0.375 e. The molecule has 0 spiro atoms. The van der Waals surface area contributed by atoms with Crippen molar-refractivity contribution in [1.82, 2.24) is 10.5 Å². The minimum atomic E-state index is 0.160. The highest BCUT2D eigenvalue weighted by molar-refractivity contribution is 9.09. The summed E-state index contributed by atoms with van der Waals surface area (Å²) >= 11 is 3.40. The Balaban J connectivity index is 2.29. The molecule has 2 aliphatic heterocycles. The maximum atomic E-state index is 9.04. The van der Waals surface area contributed by atoms with E-state index >= 15 is 0 Å². The fourth-order valence-electron chi connectivity index (χ4n) is 1.16. The molecule has 4 nitrogen and oxygen atoms in total. The molecule has 12 heavy (non-hydrogen) atoms. The van der Waals surface area contributed by atoms with Gasteiger partial charge >= 0.3 is 0 Å². The van der Waals surface area contributed by atoms with Crippen LogP contribution in [0.3, 0.4) is 0 Å².